The molecule has 0 aromatic heterocycles. The van der Waals surface area contributed by atoms with E-state index in [4.69, 9.17) is 10.4 Å². The number of aliphatic imine (C=N–C) groups is 1. The molecule has 0 aliphatic rings. The molecule has 0 radical (unpaired) electrons. The molecule has 118 valence electrons. The minimum Gasteiger partial charge on any atom is -0.506 e. The van der Waals surface area contributed by atoms with Gasteiger partial charge in [0.1, 0.15) is 5.75 Å². The lowest BCUT2D eigenvalue weighted by Crippen LogP contribution is -2.23. The van der Waals surface area contributed by atoms with Crippen LogP contribution < -0.4 is 10.6 Å². The average molecular weight is 375 g/mol. The molecule has 0 unspecified atom stereocenters. The Balaban J connectivity index is 2.23. The number of anilines is 2. The predicted molar refractivity (Wildman–Crippen MR) is 93.6 cm³/mol. The smallest absolute Gasteiger partial charge is 0.200 e. The van der Waals surface area contributed by atoms with Gasteiger partial charge in [0.25, 0.3) is 0 Å². The number of nitriles is 1. The molecular weight excluding hydrogens is 360 g/mol. The van der Waals surface area contributed by atoms with Gasteiger partial charge in [0.2, 0.25) is 5.96 Å². The van der Waals surface area contributed by atoms with Gasteiger partial charge in [-0.3, -0.25) is 4.99 Å². The molecule has 0 saturated heterocycles. The van der Waals surface area contributed by atoms with Crippen molar-refractivity contribution in [3.63, 3.8) is 0 Å². The van der Waals surface area contributed by atoms with Gasteiger partial charge in [-0.05, 0) is 46.3 Å². The Labute approximate surface area is 142 Å². The van der Waals surface area contributed by atoms with Crippen LogP contribution in [0.5, 0.6) is 5.75 Å². The fourth-order valence-electron chi connectivity index (χ4n) is 1.80. The van der Waals surface area contributed by atoms with Gasteiger partial charge in [-0.15, -0.1) is 0 Å². The minimum atomic E-state index is -0.0951. The van der Waals surface area contributed by atoms with Gasteiger partial charge in [-0.1, -0.05) is 12.1 Å². The highest BCUT2D eigenvalue weighted by molar-refractivity contribution is 9.10. The van der Waals surface area contributed by atoms with E-state index >= 15 is 0 Å². The lowest BCUT2D eigenvalue weighted by Gasteiger charge is -2.14. The summed E-state index contributed by atoms with van der Waals surface area (Å²) in [6, 6.07) is 14.0. The van der Waals surface area contributed by atoms with Crippen molar-refractivity contribution in [2.24, 2.45) is 4.99 Å². The third-order valence-electron chi connectivity index (χ3n) is 2.88. The first-order chi connectivity index (χ1) is 11.1. The quantitative estimate of drug-likeness (QED) is 0.374. The van der Waals surface area contributed by atoms with Gasteiger partial charge in [0.15, 0.2) is 0 Å². The van der Waals surface area contributed by atoms with Gasteiger partial charge in [0.05, 0.1) is 36.2 Å². The summed E-state index contributed by atoms with van der Waals surface area (Å²) in [4.78, 5) is 4.21. The Morgan fingerprint density at radius 2 is 1.91 bits per heavy atom. The number of guanidine groups is 1. The van der Waals surface area contributed by atoms with Crippen LogP contribution in [-0.2, 0) is 0 Å². The number of phenolic OH excluding ortho intramolecular Hbond substituents is 1. The van der Waals surface area contributed by atoms with E-state index in [0.717, 1.165) is 10.2 Å². The lowest BCUT2D eigenvalue weighted by atomic mass is 10.2. The molecule has 2 aromatic rings. The normalized spacial score (nSPS) is 10.9. The third kappa shape index (κ3) is 4.71. The van der Waals surface area contributed by atoms with Crippen molar-refractivity contribution < 1.29 is 10.2 Å². The molecule has 0 aliphatic carbocycles. The van der Waals surface area contributed by atoms with Crippen molar-refractivity contribution in [1.82, 2.24) is 0 Å². The highest BCUT2D eigenvalue weighted by Gasteiger charge is 2.08. The van der Waals surface area contributed by atoms with Crippen LogP contribution in [-0.4, -0.2) is 29.3 Å². The van der Waals surface area contributed by atoms with Crippen LogP contribution in [0.4, 0.5) is 11.4 Å². The predicted octanol–water partition coefficient (Wildman–Crippen LogP) is 2.90. The second-order valence-corrected chi connectivity index (χ2v) is 5.38. The van der Waals surface area contributed by atoms with E-state index in [9.17, 15) is 5.11 Å². The van der Waals surface area contributed by atoms with Gasteiger partial charge < -0.3 is 20.8 Å². The van der Waals surface area contributed by atoms with Crippen LogP contribution in [0, 0.1) is 11.3 Å². The SMILES string of the molecule is N#Cc1ccc(NC(=NCCO)Nc2ccccc2Br)c(O)c1. The molecule has 0 fully saturated rings. The highest BCUT2D eigenvalue weighted by Crippen LogP contribution is 2.25. The number of nitrogens with zero attached hydrogens (tertiary/aromatic N) is 2. The number of phenols is 1. The van der Waals surface area contributed by atoms with E-state index in [1.807, 2.05) is 30.3 Å². The zero-order chi connectivity index (χ0) is 16.7. The van der Waals surface area contributed by atoms with E-state index in [1.54, 1.807) is 12.1 Å². The van der Waals surface area contributed by atoms with Crippen molar-refractivity contribution in [1.29, 1.82) is 5.26 Å². The molecule has 0 bridgehead atoms. The Kier molecular flexibility index (Phi) is 5.97. The van der Waals surface area contributed by atoms with Crippen molar-refractivity contribution in [2.75, 3.05) is 23.8 Å². The first-order valence-electron chi connectivity index (χ1n) is 6.81. The fraction of sp³-hybridized carbons (Fsp3) is 0.125. The molecule has 0 spiro atoms. The summed E-state index contributed by atoms with van der Waals surface area (Å²) in [5.41, 5.74) is 1.55. The van der Waals surface area contributed by atoms with Crippen LogP contribution >= 0.6 is 15.9 Å². The number of aliphatic hydroxyl groups excluding tert-OH is 1. The summed E-state index contributed by atoms with van der Waals surface area (Å²) in [5, 5.41) is 33.8. The number of aliphatic hydroxyl groups is 1. The van der Waals surface area contributed by atoms with E-state index < -0.39 is 0 Å². The van der Waals surface area contributed by atoms with Crippen molar-refractivity contribution in [3.05, 3.63) is 52.5 Å². The minimum absolute atomic E-state index is 0.0605. The number of aromatic hydroxyl groups is 1. The third-order valence-corrected chi connectivity index (χ3v) is 3.57. The Morgan fingerprint density at radius 3 is 2.57 bits per heavy atom. The van der Waals surface area contributed by atoms with Gasteiger partial charge in [0, 0.05) is 4.47 Å². The molecule has 6 nitrogen and oxygen atoms in total. The Morgan fingerprint density at radius 1 is 1.17 bits per heavy atom. The van der Waals surface area contributed by atoms with E-state index in [1.165, 1.54) is 6.07 Å². The molecular formula is C16H15BrN4O2. The standard InChI is InChI=1S/C16H15BrN4O2/c17-12-3-1-2-4-13(12)20-16(19-7-8-22)21-14-6-5-11(10-18)9-15(14)23/h1-6,9,22-23H,7-8H2,(H2,19,20,21). The van der Waals surface area contributed by atoms with E-state index in [-0.39, 0.29) is 18.9 Å². The van der Waals surface area contributed by atoms with Crippen molar-refractivity contribution in [3.8, 4) is 11.8 Å². The molecule has 0 atom stereocenters. The van der Waals surface area contributed by atoms with Crippen molar-refractivity contribution >= 4 is 33.3 Å². The summed E-state index contributed by atoms with van der Waals surface area (Å²) in [6.45, 7) is 0.110. The Hall–Kier alpha value is -2.56. The number of hydrogen-bond donors (Lipinski definition) is 4. The first-order valence-corrected chi connectivity index (χ1v) is 7.60. The number of nitrogens with one attached hydrogen (secondary N) is 2. The summed E-state index contributed by atoms with van der Waals surface area (Å²) >= 11 is 3.43. The highest BCUT2D eigenvalue weighted by atomic mass is 79.9. The molecule has 0 aliphatic heterocycles. The largest absolute Gasteiger partial charge is 0.506 e. The summed E-state index contributed by atoms with van der Waals surface area (Å²) in [7, 11) is 0. The molecule has 23 heavy (non-hydrogen) atoms. The topological polar surface area (TPSA) is 101 Å². The second kappa shape index (κ2) is 8.17. The van der Waals surface area contributed by atoms with Crippen LogP contribution in [0.25, 0.3) is 0 Å². The van der Waals surface area contributed by atoms with Crippen LogP contribution in [0.1, 0.15) is 5.56 Å². The van der Waals surface area contributed by atoms with Crippen LogP contribution in [0.3, 0.4) is 0 Å². The van der Waals surface area contributed by atoms with Crippen molar-refractivity contribution in [2.45, 2.75) is 0 Å². The number of benzene rings is 2. The van der Waals surface area contributed by atoms with Crippen LogP contribution in [0.15, 0.2) is 51.9 Å². The van der Waals surface area contributed by atoms with E-state index in [0.29, 0.717) is 17.2 Å². The van der Waals surface area contributed by atoms with E-state index in [2.05, 4.69) is 31.6 Å². The summed E-state index contributed by atoms with van der Waals surface area (Å²) in [5.74, 6) is 0.306. The molecule has 2 aromatic carbocycles. The zero-order valence-corrected chi connectivity index (χ0v) is 13.7. The average Bonchev–Trinajstić information content (AvgIpc) is 2.56. The molecule has 0 amide bonds. The zero-order valence-electron chi connectivity index (χ0n) is 12.1. The summed E-state index contributed by atoms with van der Waals surface area (Å²) < 4.78 is 0.850. The number of rotatable bonds is 4. The number of hydrogen-bond acceptors (Lipinski definition) is 4. The molecule has 2 rings (SSSR count). The molecule has 7 heteroatoms. The lowest BCUT2D eigenvalue weighted by molar-refractivity contribution is 0.307. The second-order valence-electron chi connectivity index (χ2n) is 4.53. The maximum absolute atomic E-state index is 9.96. The van der Waals surface area contributed by atoms with Gasteiger partial charge >= 0.3 is 0 Å². The fourth-order valence-corrected chi connectivity index (χ4v) is 2.18. The number of para-hydroxylation sites is 1. The molecule has 0 heterocycles. The maximum atomic E-state index is 9.96. The van der Waals surface area contributed by atoms with Crippen LogP contribution in [0.2, 0.25) is 0 Å². The van der Waals surface area contributed by atoms with Gasteiger partial charge in [-0.2, -0.15) is 5.26 Å². The summed E-state index contributed by atoms with van der Waals surface area (Å²) in [6.07, 6.45) is 0. The number of halogens is 1. The molecule has 0 saturated carbocycles. The first kappa shape index (κ1) is 16.8. The monoisotopic (exact) mass is 374 g/mol. The van der Waals surface area contributed by atoms with Gasteiger partial charge in [-0.25, -0.2) is 0 Å². The maximum Gasteiger partial charge on any atom is 0.200 e. The molecule has 4 N–H and O–H groups in total. The Bertz CT molecular complexity index is 756.